The van der Waals surface area contributed by atoms with Crippen molar-refractivity contribution in [3.63, 3.8) is 0 Å². The van der Waals surface area contributed by atoms with Crippen molar-refractivity contribution in [1.29, 1.82) is 0 Å². The van der Waals surface area contributed by atoms with E-state index in [-0.39, 0.29) is 5.41 Å². The summed E-state index contributed by atoms with van der Waals surface area (Å²) in [6.07, 6.45) is 0. The molecule has 0 atom stereocenters. The van der Waals surface area contributed by atoms with Gasteiger partial charge in [-0.2, -0.15) is 5.10 Å². The van der Waals surface area contributed by atoms with Crippen LogP contribution in [-0.2, 0) is 5.41 Å². The quantitative estimate of drug-likeness (QED) is 0.681. The summed E-state index contributed by atoms with van der Waals surface area (Å²) < 4.78 is 0. The molecule has 4 nitrogen and oxygen atoms in total. The fraction of sp³-hybridized carbons (Fsp3) is 0.389. The standard InChI is InChI=1S/C18H24N4/c1-12-10-13(2)20-17(19-12)22-21-14(3)15-8-7-9-16(11-15)18(4,5)6/h7-11H,1-6H3,(H,19,20,22). The van der Waals surface area contributed by atoms with E-state index in [1.807, 2.05) is 26.8 Å². The minimum absolute atomic E-state index is 0.125. The van der Waals surface area contributed by atoms with Crippen molar-refractivity contribution in [2.24, 2.45) is 5.10 Å². The van der Waals surface area contributed by atoms with Gasteiger partial charge >= 0.3 is 0 Å². The smallest absolute Gasteiger partial charge is 0.243 e. The lowest BCUT2D eigenvalue weighted by Crippen LogP contribution is -2.12. The second-order valence-corrected chi connectivity index (χ2v) is 6.61. The van der Waals surface area contributed by atoms with Crippen LogP contribution in [-0.4, -0.2) is 15.7 Å². The Hall–Kier alpha value is -2.23. The summed E-state index contributed by atoms with van der Waals surface area (Å²) in [5.41, 5.74) is 8.24. The second-order valence-electron chi connectivity index (χ2n) is 6.61. The largest absolute Gasteiger partial charge is 0.245 e. The number of hydrogen-bond acceptors (Lipinski definition) is 4. The number of nitrogens with one attached hydrogen (secondary N) is 1. The van der Waals surface area contributed by atoms with Crippen LogP contribution >= 0.6 is 0 Å². The maximum Gasteiger partial charge on any atom is 0.243 e. The molecule has 0 saturated heterocycles. The highest BCUT2D eigenvalue weighted by molar-refractivity contribution is 5.99. The second kappa shape index (κ2) is 6.26. The summed E-state index contributed by atoms with van der Waals surface area (Å²) in [6.45, 7) is 12.5. The number of aromatic nitrogens is 2. The minimum atomic E-state index is 0.125. The third-order valence-corrected chi connectivity index (χ3v) is 3.45. The van der Waals surface area contributed by atoms with Crippen LogP contribution in [0.4, 0.5) is 5.95 Å². The van der Waals surface area contributed by atoms with Gasteiger partial charge in [0.25, 0.3) is 0 Å². The zero-order valence-corrected chi connectivity index (χ0v) is 14.2. The molecule has 0 aliphatic carbocycles. The van der Waals surface area contributed by atoms with E-state index in [0.717, 1.165) is 22.7 Å². The molecule has 0 radical (unpaired) electrons. The minimum Gasteiger partial charge on any atom is -0.245 e. The molecule has 116 valence electrons. The first-order valence-electron chi connectivity index (χ1n) is 7.49. The fourth-order valence-electron chi connectivity index (χ4n) is 2.19. The molecule has 22 heavy (non-hydrogen) atoms. The van der Waals surface area contributed by atoms with Gasteiger partial charge in [-0.1, -0.05) is 39.0 Å². The van der Waals surface area contributed by atoms with Crippen molar-refractivity contribution >= 4 is 11.7 Å². The van der Waals surface area contributed by atoms with Crippen LogP contribution in [0.5, 0.6) is 0 Å². The van der Waals surface area contributed by atoms with Gasteiger partial charge in [-0.3, -0.25) is 0 Å². The van der Waals surface area contributed by atoms with Gasteiger partial charge in [0.05, 0.1) is 5.71 Å². The van der Waals surface area contributed by atoms with Crippen LogP contribution in [0.15, 0.2) is 35.4 Å². The molecule has 2 aromatic rings. The number of hydrazone groups is 1. The molecule has 2 rings (SSSR count). The summed E-state index contributed by atoms with van der Waals surface area (Å²) in [7, 11) is 0. The van der Waals surface area contributed by atoms with Crippen LogP contribution in [0.25, 0.3) is 0 Å². The lowest BCUT2D eigenvalue weighted by molar-refractivity contribution is 0.590. The van der Waals surface area contributed by atoms with E-state index in [1.54, 1.807) is 0 Å². The van der Waals surface area contributed by atoms with Gasteiger partial charge < -0.3 is 0 Å². The van der Waals surface area contributed by atoms with Crippen LogP contribution in [0.2, 0.25) is 0 Å². The first kappa shape index (κ1) is 16.1. The topological polar surface area (TPSA) is 50.2 Å². The summed E-state index contributed by atoms with van der Waals surface area (Å²) in [5.74, 6) is 0.531. The molecule has 0 spiro atoms. The van der Waals surface area contributed by atoms with Crippen molar-refractivity contribution in [2.75, 3.05) is 5.43 Å². The lowest BCUT2D eigenvalue weighted by Gasteiger charge is -2.19. The molecule has 0 fully saturated rings. The molecular weight excluding hydrogens is 272 g/mol. The Morgan fingerprint density at radius 2 is 1.68 bits per heavy atom. The Labute approximate surface area is 132 Å². The number of benzene rings is 1. The predicted molar refractivity (Wildman–Crippen MR) is 92.5 cm³/mol. The predicted octanol–water partition coefficient (Wildman–Crippen LogP) is 4.23. The zero-order valence-electron chi connectivity index (χ0n) is 14.2. The number of anilines is 1. The highest BCUT2D eigenvalue weighted by Gasteiger charge is 2.14. The number of nitrogens with zero attached hydrogens (tertiary/aromatic N) is 3. The third-order valence-electron chi connectivity index (χ3n) is 3.45. The third kappa shape index (κ3) is 4.13. The SMILES string of the molecule is CC(=NNc1nc(C)cc(C)n1)c1cccc(C(C)(C)C)c1. The van der Waals surface area contributed by atoms with Crippen LogP contribution in [0.3, 0.4) is 0 Å². The first-order chi connectivity index (χ1) is 10.3. The van der Waals surface area contributed by atoms with Gasteiger partial charge in [-0.15, -0.1) is 0 Å². The van der Waals surface area contributed by atoms with Crippen LogP contribution < -0.4 is 5.43 Å². The molecule has 4 heteroatoms. The molecule has 0 bridgehead atoms. The zero-order chi connectivity index (χ0) is 16.3. The summed E-state index contributed by atoms with van der Waals surface area (Å²) >= 11 is 0. The van der Waals surface area contributed by atoms with E-state index in [9.17, 15) is 0 Å². The van der Waals surface area contributed by atoms with Gasteiger partial charge in [0.2, 0.25) is 5.95 Å². The Morgan fingerprint density at radius 3 is 2.27 bits per heavy atom. The van der Waals surface area contributed by atoms with E-state index in [0.29, 0.717) is 5.95 Å². The van der Waals surface area contributed by atoms with Gasteiger partial charge in [0.1, 0.15) is 0 Å². The van der Waals surface area contributed by atoms with E-state index >= 15 is 0 Å². The molecule has 0 unspecified atom stereocenters. The molecule has 1 heterocycles. The maximum absolute atomic E-state index is 4.41. The maximum atomic E-state index is 4.41. The van der Waals surface area contributed by atoms with Gasteiger partial charge in [0.15, 0.2) is 0 Å². The van der Waals surface area contributed by atoms with E-state index in [2.05, 4.69) is 65.5 Å². The van der Waals surface area contributed by atoms with Crippen molar-refractivity contribution < 1.29 is 0 Å². The highest BCUT2D eigenvalue weighted by Crippen LogP contribution is 2.23. The number of aryl methyl sites for hydroxylation is 2. The van der Waals surface area contributed by atoms with E-state index in [1.165, 1.54) is 5.56 Å². The van der Waals surface area contributed by atoms with Crippen LogP contribution in [0, 0.1) is 13.8 Å². The fourth-order valence-corrected chi connectivity index (χ4v) is 2.19. The first-order valence-corrected chi connectivity index (χ1v) is 7.49. The van der Waals surface area contributed by atoms with Gasteiger partial charge in [-0.25, -0.2) is 15.4 Å². The average Bonchev–Trinajstić information content (AvgIpc) is 2.43. The molecule has 0 aliphatic heterocycles. The molecule has 0 amide bonds. The van der Waals surface area contributed by atoms with Crippen molar-refractivity contribution in [2.45, 2.75) is 47.0 Å². The van der Waals surface area contributed by atoms with Crippen molar-refractivity contribution in [1.82, 2.24) is 9.97 Å². The monoisotopic (exact) mass is 296 g/mol. The highest BCUT2D eigenvalue weighted by atomic mass is 15.4. The molecular formula is C18H24N4. The van der Waals surface area contributed by atoms with Crippen molar-refractivity contribution in [3.05, 3.63) is 52.8 Å². The Morgan fingerprint density at radius 1 is 1.05 bits per heavy atom. The summed E-state index contributed by atoms with van der Waals surface area (Å²) in [6, 6.07) is 10.4. The molecule has 0 aliphatic rings. The molecule has 1 N–H and O–H groups in total. The summed E-state index contributed by atoms with van der Waals surface area (Å²) in [4.78, 5) is 8.65. The van der Waals surface area contributed by atoms with E-state index in [4.69, 9.17) is 0 Å². The lowest BCUT2D eigenvalue weighted by atomic mass is 9.86. The normalized spacial score (nSPS) is 12.4. The molecule has 0 saturated carbocycles. The summed E-state index contributed by atoms with van der Waals surface area (Å²) in [5, 5.41) is 4.41. The van der Waals surface area contributed by atoms with Crippen LogP contribution in [0.1, 0.15) is 50.2 Å². The number of hydrogen-bond donors (Lipinski definition) is 1. The van der Waals surface area contributed by atoms with E-state index < -0.39 is 0 Å². The molecule has 1 aromatic carbocycles. The Kier molecular flexibility index (Phi) is 4.59. The van der Waals surface area contributed by atoms with Gasteiger partial charge in [0, 0.05) is 11.4 Å². The average molecular weight is 296 g/mol. The Bertz CT molecular complexity index is 676. The van der Waals surface area contributed by atoms with Gasteiger partial charge in [-0.05, 0) is 49.4 Å². The number of rotatable bonds is 3. The van der Waals surface area contributed by atoms with Crippen molar-refractivity contribution in [3.8, 4) is 0 Å². The Balaban J connectivity index is 2.22. The molecule has 1 aromatic heterocycles.